The molecule has 0 aliphatic carbocycles. The number of carbonyl (C=O) groups is 1. The van der Waals surface area contributed by atoms with Gasteiger partial charge in [0.2, 0.25) is 0 Å². The number of anilines is 1. The van der Waals surface area contributed by atoms with Crippen LogP contribution in [-0.4, -0.2) is 13.0 Å². The fourth-order valence-corrected chi connectivity index (χ4v) is 2.21. The minimum Gasteiger partial charge on any atom is -0.398 e. The first kappa shape index (κ1) is 12.6. The molecular weight excluding hydrogens is 292 g/mol. The predicted molar refractivity (Wildman–Crippen MR) is 77.4 cm³/mol. The van der Waals surface area contributed by atoms with Gasteiger partial charge >= 0.3 is 0 Å². The maximum Gasteiger partial charge on any atom is 0.251 e. The number of carbonyl (C=O) groups excluding carboxylic acids is 1. The number of benzene rings is 2. The van der Waals surface area contributed by atoms with Crippen LogP contribution in [0.1, 0.15) is 10.4 Å². The summed E-state index contributed by atoms with van der Waals surface area (Å²) in [6, 6.07) is 13.1. The number of hydrogen-bond donors (Lipinski definition) is 2. The number of rotatable bonds is 2. The Morgan fingerprint density at radius 1 is 1.17 bits per heavy atom. The van der Waals surface area contributed by atoms with E-state index in [0.717, 1.165) is 15.6 Å². The monoisotopic (exact) mass is 304 g/mol. The van der Waals surface area contributed by atoms with E-state index in [2.05, 4.69) is 21.2 Å². The molecule has 0 bridgehead atoms. The summed E-state index contributed by atoms with van der Waals surface area (Å²) in [5.41, 5.74) is 8.95. The van der Waals surface area contributed by atoms with Crippen LogP contribution >= 0.6 is 15.9 Å². The third-order valence-electron chi connectivity index (χ3n) is 2.70. The molecule has 0 unspecified atom stereocenters. The van der Waals surface area contributed by atoms with Gasteiger partial charge in [0.1, 0.15) is 0 Å². The van der Waals surface area contributed by atoms with Crippen molar-refractivity contribution in [3.8, 4) is 11.1 Å². The molecule has 92 valence electrons. The van der Waals surface area contributed by atoms with Gasteiger partial charge in [-0.15, -0.1) is 0 Å². The largest absolute Gasteiger partial charge is 0.398 e. The van der Waals surface area contributed by atoms with Crippen LogP contribution in [0.25, 0.3) is 11.1 Å². The van der Waals surface area contributed by atoms with E-state index < -0.39 is 0 Å². The highest BCUT2D eigenvalue weighted by Crippen LogP contribution is 2.30. The average molecular weight is 305 g/mol. The Kier molecular flexibility index (Phi) is 3.67. The molecule has 2 aromatic rings. The summed E-state index contributed by atoms with van der Waals surface area (Å²) in [6.07, 6.45) is 0. The lowest BCUT2D eigenvalue weighted by molar-refractivity contribution is 0.0964. The second-order valence-corrected chi connectivity index (χ2v) is 4.77. The molecule has 3 N–H and O–H groups in total. The normalized spacial score (nSPS) is 10.1. The summed E-state index contributed by atoms with van der Waals surface area (Å²) in [6.45, 7) is 0. The first-order valence-corrected chi connectivity index (χ1v) is 6.29. The smallest absolute Gasteiger partial charge is 0.251 e. The third kappa shape index (κ3) is 2.38. The summed E-state index contributed by atoms with van der Waals surface area (Å²) >= 11 is 3.37. The van der Waals surface area contributed by atoms with Gasteiger partial charge in [0.25, 0.3) is 5.91 Å². The van der Waals surface area contributed by atoms with Crippen molar-refractivity contribution in [2.75, 3.05) is 12.8 Å². The fourth-order valence-electron chi connectivity index (χ4n) is 1.83. The topological polar surface area (TPSA) is 55.1 Å². The zero-order chi connectivity index (χ0) is 13.1. The van der Waals surface area contributed by atoms with Crippen molar-refractivity contribution in [1.82, 2.24) is 5.32 Å². The number of nitrogens with two attached hydrogens (primary N) is 1. The van der Waals surface area contributed by atoms with Crippen LogP contribution in [0.4, 0.5) is 5.69 Å². The third-order valence-corrected chi connectivity index (χ3v) is 3.20. The number of halogens is 1. The van der Waals surface area contributed by atoms with Gasteiger partial charge in [0, 0.05) is 28.3 Å². The van der Waals surface area contributed by atoms with Crippen molar-refractivity contribution in [1.29, 1.82) is 0 Å². The van der Waals surface area contributed by atoms with Crippen LogP contribution in [0.2, 0.25) is 0 Å². The average Bonchev–Trinajstić information content (AvgIpc) is 2.38. The molecule has 18 heavy (non-hydrogen) atoms. The van der Waals surface area contributed by atoms with Crippen LogP contribution in [-0.2, 0) is 0 Å². The molecule has 0 spiro atoms. The van der Waals surface area contributed by atoms with Crippen molar-refractivity contribution in [3.63, 3.8) is 0 Å². The zero-order valence-corrected chi connectivity index (χ0v) is 11.5. The summed E-state index contributed by atoms with van der Waals surface area (Å²) in [5.74, 6) is -0.118. The second-order valence-electron chi connectivity index (χ2n) is 3.86. The summed E-state index contributed by atoms with van der Waals surface area (Å²) in [7, 11) is 1.62. The van der Waals surface area contributed by atoms with Gasteiger partial charge in [-0.3, -0.25) is 4.79 Å². The SMILES string of the molecule is CNC(=O)c1ccccc1-c1ccc(Br)cc1N. The molecule has 0 saturated heterocycles. The molecule has 4 heteroatoms. The summed E-state index contributed by atoms with van der Waals surface area (Å²) in [4.78, 5) is 11.8. The maximum absolute atomic E-state index is 11.8. The lowest BCUT2D eigenvalue weighted by atomic mass is 9.98. The predicted octanol–water partition coefficient (Wildman–Crippen LogP) is 3.06. The summed E-state index contributed by atoms with van der Waals surface area (Å²) < 4.78 is 0.918. The highest BCUT2D eigenvalue weighted by Gasteiger charge is 2.12. The van der Waals surface area contributed by atoms with Gasteiger partial charge < -0.3 is 11.1 Å². The minimum atomic E-state index is -0.118. The van der Waals surface area contributed by atoms with Crippen molar-refractivity contribution >= 4 is 27.5 Å². The van der Waals surface area contributed by atoms with Crippen molar-refractivity contribution < 1.29 is 4.79 Å². The first-order valence-electron chi connectivity index (χ1n) is 5.50. The molecule has 0 aliphatic heterocycles. The fraction of sp³-hybridized carbons (Fsp3) is 0.0714. The molecule has 0 aromatic heterocycles. The van der Waals surface area contributed by atoms with E-state index in [-0.39, 0.29) is 5.91 Å². The van der Waals surface area contributed by atoms with Gasteiger partial charge in [0.15, 0.2) is 0 Å². The lowest BCUT2D eigenvalue weighted by Crippen LogP contribution is -2.18. The number of nitrogen functional groups attached to an aromatic ring is 1. The zero-order valence-electron chi connectivity index (χ0n) is 9.91. The molecule has 1 amide bonds. The highest BCUT2D eigenvalue weighted by molar-refractivity contribution is 9.10. The van der Waals surface area contributed by atoms with E-state index in [4.69, 9.17) is 5.73 Å². The minimum absolute atomic E-state index is 0.118. The number of amides is 1. The van der Waals surface area contributed by atoms with Crippen LogP contribution in [0.5, 0.6) is 0 Å². The first-order chi connectivity index (χ1) is 8.63. The van der Waals surface area contributed by atoms with Gasteiger partial charge in [-0.1, -0.05) is 40.2 Å². The van der Waals surface area contributed by atoms with Crippen LogP contribution in [0.3, 0.4) is 0 Å². The van der Waals surface area contributed by atoms with Crippen molar-refractivity contribution in [2.24, 2.45) is 0 Å². The van der Waals surface area contributed by atoms with Crippen LogP contribution in [0, 0.1) is 0 Å². The Balaban J connectivity index is 2.60. The number of hydrogen-bond acceptors (Lipinski definition) is 2. The Labute approximate surface area is 114 Å². The molecule has 0 heterocycles. The van der Waals surface area contributed by atoms with Gasteiger partial charge in [-0.05, 0) is 23.8 Å². The number of nitrogens with one attached hydrogen (secondary N) is 1. The van der Waals surface area contributed by atoms with Gasteiger partial charge in [-0.2, -0.15) is 0 Å². The Morgan fingerprint density at radius 2 is 1.89 bits per heavy atom. The molecule has 0 radical (unpaired) electrons. The molecule has 3 nitrogen and oxygen atoms in total. The van der Waals surface area contributed by atoms with E-state index in [1.54, 1.807) is 13.1 Å². The molecule has 0 saturated carbocycles. The van der Waals surface area contributed by atoms with E-state index in [9.17, 15) is 4.79 Å². The van der Waals surface area contributed by atoms with Crippen LogP contribution in [0.15, 0.2) is 46.9 Å². The Bertz CT molecular complexity index is 596. The lowest BCUT2D eigenvalue weighted by Gasteiger charge is -2.11. The maximum atomic E-state index is 11.8. The Hall–Kier alpha value is -1.81. The van der Waals surface area contributed by atoms with Crippen molar-refractivity contribution in [3.05, 3.63) is 52.5 Å². The van der Waals surface area contributed by atoms with Gasteiger partial charge in [-0.25, -0.2) is 0 Å². The second kappa shape index (κ2) is 5.23. The van der Waals surface area contributed by atoms with Gasteiger partial charge in [0.05, 0.1) is 0 Å². The Morgan fingerprint density at radius 3 is 2.56 bits per heavy atom. The van der Waals surface area contributed by atoms with E-state index >= 15 is 0 Å². The molecule has 0 fully saturated rings. The molecular formula is C14H13BrN2O. The van der Waals surface area contributed by atoms with E-state index in [1.807, 2.05) is 36.4 Å². The molecule has 2 aromatic carbocycles. The quantitative estimate of drug-likeness (QED) is 0.838. The standard InChI is InChI=1S/C14H13BrN2O/c1-17-14(18)12-5-3-2-4-10(12)11-7-6-9(15)8-13(11)16/h2-8H,16H2,1H3,(H,17,18). The summed E-state index contributed by atoms with van der Waals surface area (Å²) in [5, 5.41) is 2.63. The van der Waals surface area contributed by atoms with E-state index in [0.29, 0.717) is 11.3 Å². The van der Waals surface area contributed by atoms with Crippen molar-refractivity contribution in [2.45, 2.75) is 0 Å². The van der Waals surface area contributed by atoms with Crippen LogP contribution < -0.4 is 11.1 Å². The molecule has 2 rings (SSSR count). The molecule has 0 atom stereocenters. The highest BCUT2D eigenvalue weighted by atomic mass is 79.9. The van der Waals surface area contributed by atoms with E-state index in [1.165, 1.54) is 0 Å². The molecule has 0 aliphatic rings.